The van der Waals surface area contributed by atoms with Crippen LogP contribution in [0.2, 0.25) is 0 Å². The summed E-state index contributed by atoms with van der Waals surface area (Å²) in [6, 6.07) is 3.96. The zero-order chi connectivity index (χ0) is 8.97. The molecular formula is C9H11NS2. The molecule has 1 aromatic rings. The van der Waals surface area contributed by atoms with Crippen LogP contribution in [0.25, 0.3) is 0 Å². The maximum Gasteiger partial charge on any atom is 0.0793 e. The lowest BCUT2D eigenvalue weighted by atomic mass is 10.2. The van der Waals surface area contributed by atoms with Gasteiger partial charge in [0.1, 0.15) is 0 Å². The lowest BCUT2D eigenvalue weighted by Gasteiger charge is -2.04. The minimum Gasteiger partial charge on any atom is -0.261 e. The van der Waals surface area contributed by atoms with E-state index in [-0.39, 0.29) is 0 Å². The van der Waals surface area contributed by atoms with Gasteiger partial charge in [-0.2, -0.15) is 0 Å². The molecule has 0 N–H and O–H groups in total. The van der Waals surface area contributed by atoms with Crippen molar-refractivity contribution >= 4 is 28.2 Å². The van der Waals surface area contributed by atoms with E-state index in [0.29, 0.717) is 0 Å². The quantitative estimate of drug-likeness (QED) is 0.677. The minimum atomic E-state index is 0.931. The summed E-state index contributed by atoms with van der Waals surface area (Å²) in [7, 11) is 0. The lowest BCUT2D eigenvalue weighted by molar-refractivity contribution is 1.03. The standard InChI is InChI=1S/C9H11NS2/c1-3-8-7(9(11)12-2)5-4-6-10-8/h4-6H,3H2,1-2H3. The summed E-state index contributed by atoms with van der Waals surface area (Å²) in [6.07, 6.45) is 4.75. The first-order valence-electron chi connectivity index (χ1n) is 3.81. The average Bonchev–Trinajstić information content (AvgIpc) is 2.16. The van der Waals surface area contributed by atoms with Crippen molar-refractivity contribution in [2.75, 3.05) is 6.26 Å². The van der Waals surface area contributed by atoms with Crippen molar-refractivity contribution in [1.82, 2.24) is 4.98 Å². The largest absolute Gasteiger partial charge is 0.261 e. The molecule has 0 unspecified atom stereocenters. The normalized spacial score (nSPS) is 9.83. The maximum atomic E-state index is 5.20. The SMILES string of the molecule is CCc1ncccc1C(=S)SC. The number of rotatable bonds is 2. The molecule has 0 amide bonds. The van der Waals surface area contributed by atoms with Crippen molar-refractivity contribution < 1.29 is 0 Å². The van der Waals surface area contributed by atoms with Crippen LogP contribution in [0.3, 0.4) is 0 Å². The second-order valence-corrected chi connectivity index (χ2v) is 3.83. The van der Waals surface area contributed by atoms with Crippen LogP contribution in [0.5, 0.6) is 0 Å². The molecule has 1 nitrogen and oxygen atoms in total. The van der Waals surface area contributed by atoms with E-state index in [4.69, 9.17) is 12.2 Å². The van der Waals surface area contributed by atoms with Crippen LogP contribution in [0, 0.1) is 0 Å². The lowest BCUT2D eigenvalue weighted by Crippen LogP contribution is -1.99. The smallest absolute Gasteiger partial charge is 0.0793 e. The van der Waals surface area contributed by atoms with E-state index in [2.05, 4.69) is 11.9 Å². The Morgan fingerprint density at radius 1 is 1.67 bits per heavy atom. The second kappa shape index (κ2) is 4.58. The van der Waals surface area contributed by atoms with E-state index >= 15 is 0 Å². The highest BCUT2D eigenvalue weighted by Crippen LogP contribution is 2.14. The molecule has 0 aromatic carbocycles. The molecule has 64 valence electrons. The predicted octanol–water partition coefficient (Wildman–Crippen LogP) is 2.68. The van der Waals surface area contributed by atoms with Crippen LogP contribution < -0.4 is 0 Å². The van der Waals surface area contributed by atoms with Gasteiger partial charge in [-0.1, -0.05) is 19.1 Å². The Hall–Kier alpha value is -0.410. The third-order valence-corrected chi connectivity index (χ3v) is 2.94. The van der Waals surface area contributed by atoms with Gasteiger partial charge in [0, 0.05) is 17.5 Å². The molecular weight excluding hydrogens is 186 g/mol. The molecule has 0 saturated carbocycles. The number of thioether (sulfide) groups is 1. The highest BCUT2D eigenvalue weighted by atomic mass is 32.2. The Bertz CT molecular complexity index is 284. The molecule has 0 spiro atoms. The van der Waals surface area contributed by atoms with Crippen molar-refractivity contribution in [1.29, 1.82) is 0 Å². The van der Waals surface area contributed by atoms with Crippen molar-refractivity contribution in [2.45, 2.75) is 13.3 Å². The van der Waals surface area contributed by atoms with Gasteiger partial charge in [-0.25, -0.2) is 0 Å². The van der Waals surface area contributed by atoms with Gasteiger partial charge >= 0.3 is 0 Å². The fourth-order valence-electron chi connectivity index (χ4n) is 1.02. The van der Waals surface area contributed by atoms with E-state index in [1.807, 2.05) is 24.6 Å². The predicted molar refractivity (Wildman–Crippen MR) is 58.8 cm³/mol. The molecule has 3 heteroatoms. The van der Waals surface area contributed by atoms with Crippen LogP contribution in [0.1, 0.15) is 18.2 Å². The average molecular weight is 197 g/mol. The molecule has 0 atom stereocenters. The first-order chi connectivity index (χ1) is 5.79. The van der Waals surface area contributed by atoms with Gasteiger partial charge in [0.25, 0.3) is 0 Å². The van der Waals surface area contributed by atoms with Crippen LogP contribution >= 0.6 is 24.0 Å². The van der Waals surface area contributed by atoms with Crippen LogP contribution in [-0.2, 0) is 6.42 Å². The van der Waals surface area contributed by atoms with E-state index in [1.54, 1.807) is 11.8 Å². The fourth-order valence-corrected chi connectivity index (χ4v) is 1.61. The Morgan fingerprint density at radius 2 is 2.42 bits per heavy atom. The van der Waals surface area contributed by atoms with Gasteiger partial charge in [-0.3, -0.25) is 4.98 Å². The summed E-state index contributed by atoms with van der Waals surface area (Å²) in [4.78, 5) is 4.27. The zero-order valence-electron chi connectivity index (χ0n) is 7.20. The highest BCUT2D eigenvalue weighted by Gasteiger charge is 2.04. The van der Waals surface area contributed by atoms with E-state index in [1.165, 1.54) is 0 Å². The van der Waals surface area contributed by atoms with Crippen LogP contribution in [0.15, 0.2) is 18.3 Å². The molecule has 1 heterocycles. The summed E-state index contributed by atoms with van der Waals surface area (Å²) in [5, 5.41) is 0. The number of aryl methyl sites for hydroxylation is 1. The molecule has 0 aliphatic heterocycles. The summed E-state index contributed by atoms with van der Waals surface area (Å²) in [5.41, 5.74) is 2.21. The number of aromatic nitrogens is 1. The summed E-state index contributed by atoms with van der Waals surface area (Å²) >= 11 is 6.80. The Balaban J connectivity index is 3.04. The third kappa shape index (κ3) is 2.05. The Morgan fingerprint density at radius 3 is 3.00 bits per heavy atom. The first kappa shape index (κ1) is 9.68. The van der Waals surface area contributed by atoms with Crippen molar-refractivity contribution in [3.63, 3.8) is 0 Å². The molecule has 0 saturated heterocycles. The molecule has 1 rings (SSSR count). The topological polar surface area (TPSA) is 12.9 Å². The van der Waals surface area contributed by atoms with Gasteiger partial charge < -0.3 is 0 Å². The fraction of sp³-hybridized carbons (Fsp3) is 0.333. The summed E-state index contributed by atoms with van der Waals surface area (Å²) in [6.45, 7) is 2.09. The van der Waals surface area contributed by atoms with E-state index < -0.39 is 0 Å². The monoisotopic (exact) mass is 197 g/mol. The molecule has 0 aliphatic rings. The Labute approximate surface area is 82.6 Å². The molecule has 0 bridgehead atoms. The summed E-state index contributed by atoms with van der Waals surface area (Å²) < 4.78 is 0.931. The first-order valence-corrected chi connectivity index (χ1v) is 5.45. The molecule has 0 radical (unpaired) electrons. The third-order valence-electron chi connectivity index (χ3n) is 1.63. The molecule has 0 fully saturated rings. The highest BCUT2D eigenvalue weighted by molar-refractivity contribution is 8.23. The number of thiocarbonyl (C=S) groups is 1. The zero-order valence-corrected chi connectivity index (χ0v) is 8.84. The van der Waals surface area contributed by atoms with Crippen molar-refractivity contribution in [2.24, 2.45) is 0 Å². The van der Waals surface area contributed by atoms with Gasteiger partial charge in [-0.15, -0.1) is 11.8 Å². The minimum absolute atomic E-state index is 0.931. The second-order valence-electron chi connectivity index (χ2n) is 2.34. The molecule has 12 heavy (non-hydrogen) atoms. The van der Waals surface area contributed by atoms with E-state index in [9.17, 15) is 0 Å². The van der Waals surface area contributed by atoms with Gasteiger partial charge in [0.05, 0.1) is 4.20 Å². The van der Waals surface area contributed by atoms with Crippen LogP contribution in [-0.4, -0.2) is 15.4 Å². The van der Waals surface area contributed by atoms with Gasteiger partial charge in [0.15, 0.2) is 0 Å². The van der Waals surface area contributed by atoms with Crippen molar-refractivity contribution in [3.05, 3.63) is 29.6 Å². The van der Waals surface area contributed by atoms with E-state index in [0.717, 1.165) is 21.9 Å². The molecule has 0 aliphatic carbocycles. The molecule has 1 aromatic heterocycles. The van der Waals surface area contributed by atoms with Crippen LogP contribution in [0.4, 0.5) is 0 Å². The number of nitrogens with zero attached hydrogens (tertiary/aromatic N) is 1. The summed E-state index contributed by atoms with van der Waals surface area (Å²) in [5.74, 6) is 0. The van der Waals surface area contributed by atoms with Crippen molar-refractivity contribution in [3.8, 4) is 0 Å². The number of hydrogen-bond acceptors (Lipinski definition) is 3. The van der Waals surface area contributed by atoms with Gasteiger partial charge in [-0.05, 0) is 24.8 Å². The van der Waals surface area contributed by atoms with Gasteiger partial charge in [0.2, 0.25) is 0 Å². The Kier molecular flexibility index (Phi) is 3.69. The maximum absolute atomic E-state index is 5.20. The number of hydrogen-bond donors (Lipinski definition) is 0. The number of pyridine rings is 1.